The van der Waals surface area contributed by atoms with Crippen molar-refractivity contribution in [1.82, 2.24) is 0 Å². The first kappa shape index (κ1) is 35.5. The highest BCUT2D eigenvalue weighted by Gasteiger charge is 2.46. The predicted octanol–water partition coefficient (Wildman–Crippen LogP) is 6.90. The predicted molar refractivity (Wildman–Crippen MR) is 173 cm³/mol. The molecule has 2 aromatic carbocycles. The van der Waals surface area contributed by atoms with Crippen LogP contribution in [-0.4, -0.2) is 57.3 Å². The van der Waals surface area contributed by atoms with Crippen LogP contribution in [0.5, 0.6) is 0 Å². The lowest BCUT2D eigenvalue weighted by Gasteiger charge is -2.31. The van der Waals surface area contributed by atoms with E-state index in [2.05, 4.69) is 50.2 Å². The van der Waals surface area contributed by atoms with E-state index in [1.165, 1.54) is 20.9 Å². The Morgan fingerprint density at radius 2 is 0.775 bits per heavy atom. The van der Waals surface area contributed by atoms with Crippen LogP contribution in [0.25, 0.3) is 0 Å². The van der Waals surface area contributed by atoms with Crippen LogP contribution in [0, 0.1) is 0 Å². The Morgan fingerprint density at radius 3 is 1.02 bits per heavy atom. The molecule has 0 aliphatic carbocycles. The summed E-state index contributed by atoms with van der Waals surface area (Å²) in [6.07, 6.45) is 3.90. The number of hydrogen-bond donors (Lipinski definition) is 0. The molecule has 40 heavy (non-hydrogen) atoms. The van der Waals surface area contributed by atoms with Crippen molar-refractivity contribution in [1.29, 1.82) is 0 Å². The van der Waals surface area contributed by atoms with Gasteiger partial charge in [-0.15, -0.1) is 0 Å². The van der Waals surface area contributed by atoms with Gasteiger partial charge in [0.2, 0.25) is 0 Å². The van der Waals surface area contributed by atoms with Gasteiger partial charge in [0.15, 0.2) is 0 Å². The molecule has 0 amide bonds. The molecule has 226 valence electrons. The van der Waals surface area contributed by atoms with Gasteiger partial charge >= 0.3 is 17.6 Å². The maximum Gasteiger partial charge on any atom is 0.537 e. The Hall–Kier alpha value is -0.666. The molecule has 0 radical (unpaired) electrons. The summed E-state index contributed by atoms with van der Waals surface area (Å²) in [5.41, 5.74) is 2.53. The van der Waals surface area contributed by atoms with Crippen molar-refractivity contribution in [2.24, 2.45) is 0 Å². The quantitative estimate of drug-likeness (QED) is 0.110. The molecular formula is C30H50O6S2Si2. The second-order valence-corrected chi connectivity index (χ2v) is 16.2. The highest BCUT2D eigenvalue weighted by molar-refractivity contribution is 8.76. The molecule has 0 bridgehead atoms. The molecule has 0 heterocycles. The van der Waals surface area contributed by atoms with E-state index in [1.807, 2.05) is 41.5 Å². The Balaban J connectivity index is 2.59. The van der Waals surface area contributed by atoms with Crippen molar-refractivity contribution in [3.8, 4) is 0 Å². The lowest BCUT2D eigenvalue weighted by Crippen LogP contribution is -2.58. The van der Waals surface area contributed by atoms with Crippen LogP contribution in [0.15, 0.2) is 46.2 Å². The normalized spacial score (nSPS) is 12.3. The SMILES string of the molecule is CCCc1c(SSc2cccc([Si](OCC)(OCC)OCC)c2CCC)cccc1[Si](OCC)(OCC)OCC. The molecule has 0 spiro atoms. The van der Waals surface area contributed by atoms with Crippen LogP contribution in [0.2, 0.25) is 0 Å². The highest BCUT2D eigenvalue weighted by Crippen LogP contribution is 2.41. The van der Waals surface area contributed by atoms with Gasteiger partial charge in [-0.3, -0.25) is 0 Å². The Labute approximate surface area is 253 Å². The van der Waals surface area contributed by atoms with Gasteiger partial charge in [-0.1, -0.05) is 72.5 Å². The average molecular weight is 627 g/mol. The van der Waals surface area contributed by atoms with Crippen molar-refractivity contribution in [3.63, 3.8) is 0 Å². The molecule has 0 N–H and O–H groups in total. The molecule has 2 rings (SSSR count). The van der Waals surface area contributed by atoms with Gasteiger partial charge in [-0.25, -0.2) is 0 Å². The topological polar surface area (TPSA) is 55.4 Å². The highest BCUT2D eigenvalue weighted by atomic mass is 33.1. The zero-order valence-corrected chi connectivity index (χ0v) is 29.4. The fourth-order valence-electron chi connectivity index (χ4n) is 4.82. The fraction of sp³-hybridized carbons (Fsp3) is 0.600. The van der Waals surface area contributed by atoms with Crippen molar-refractivity contribution in [2.45, 2.75) is 90.9 Å². The van der Waals surface area contributed by atoms with Gasteiger partial charge in [0.25, 0.3) is 0 Å². The first-order valence-corrected chi connectivity index (χ1v) is 20.5. The molecule has 0 saturated heterocycles. The Morgan fingerprint density at radius 1 is 0.475 bits per heavy atom. The van der Waals surface area contributed by atoms with E-state index in [1.54, 1.807) is 21.6 Å². The van der Waals surface area contributed by atoms with Crippen LogP contribution in [0.4, 0.5) is 0 Å². The van der Waals surface area contributed by atoms with Crippen LogP contribution in [-0.2, 0) is 39.4 Å². The Kier molecular flexibility index (Phi) is 16.7. The lowest BCUT2D eigenvalue weighted by molar-refractivity contribution is 0.0849. The third-order valence-electron chi connectivity index (χ3n) is 6.15. The van der Waals surface area contributed by atoms with Crippen LogP contribution in [0.3, 0.4) is 0 Å². The molecule has 0 aromatic heterocycles. The summed E-state index contributed by atoms with van der Waals surface area (Å²) in [5, 5.41) is 2.17. The third-order valence-corrected chi connectivity index (χ3v) is 15.0. The monoisotopic (exact) mass is 626 g/mol. The minimum Gasteiger partial charge on any atom is -0.370 e. The maximum absolute atomic E-state index is 6.32. The van der Waals surface area contributed by atoms with Gasteiger partial charge in [0, 0.05) is 59.8 Å². The first-order chi connectivity index (χ1) is 19.5. The fourth-order valence-corrected chi connectivity index (χ4v) is 13.1. The number of hydrogen-bond acceptors (Lipinski definition) is 8. The van der Waals surface area contributed by atoms with E-state index in [-0.39, 0.29) is 0 Å². The molecule has 0 aliphatic heterocycles. The largest absolute Gasteiger partial charge is 0.537 e. The summed E-state index contributed by atoms with van der Waals surface area (Å²) in [4.78, 5) is 2.44. The lowest BCUT2D eigenvalue weighted by atomic mass is 10.1. The van der Waals surface area contributed by atoms with Gasteiger partial charge in [0.1, 0.15) is 0 Å². The second-order valence-electron chi connectivity index (χ2n) is 8.94. The molecule has 2 aromatic rings. The molecule has 10 heteroatoms. The van der Waals surface area contributed by atoms with E-state index >= 15 is 0 Å². The van der Waals surface area contributed by atoms with Crippen LogP contribution < -0.4 is 10.4 Å². The van der Waals surface area contributed by atoms with Crippen molar-refractivity contribution in [3.05, 3.63) is 47.5 Å². The molecule has 0 aliphatic rings. The number of benzene rings is 2. The summed E-state index contributed by atoms with van der Waals surface area (Å²) in [6.45, 7) is 19.7. The van der Waals surface area contributed by atoms with Crippen molar-refractivity contribution in [2.75, 3.05) is 39.6 Å². The Bertz CT molecular complexity index is 897. The molecule has 0 atom stereocenters. The summed E-state index contributed by atoms with van der Waals surface area (Å²) < 4.78 is 37.9. The van der Waals surface area contributed by atoms with Gasteiger partial charge in [0.05, 0.1) is 0 Å². The summed E-state index contributed by atoms with van der Waals surface area (Å²) in [5.74, 6) is 0. The molecular weight excluding hydrogens is 577 g/mol. The molecule has 0 fully saturated rings. The van der Waals surface area contributed by atoms with Gasteiger partial charge in [-0.2, -0.15) is 0 Å². The van der Waals surface area contributed by atoms with Crippen molar-refractivity contribution < 1.29 is 26.6 Å². The zero-order chi connectivity index (χ0) is 29.4. The van der Waals surface area contributed by atoms with E-state index in [4.69, 9.17) is 26.6 Å². The van der Waals surface area contributed by atoms with E-state index < -0.39 is 17.6 Å². The maximum atomic E-state index is 6.32. The summed E-state index contributed by atoms with van der Waals surface area (Å²) >= 11 is 0. The minimum atomic E-state index is -3.04. The molecule has 0 saturated carbocycles. The molecule has 6 nitrogen and oxygen atoms in total. The standard InChI is InChI=1S/C30H50O6S2Si2/c1-9-19-25-27(21-17-23-29(25)39(31-11-3,32-12-4)33-13-5)37-38-28-22-18-24-30(26(28)20-10-2)40(34-14-6,35-15-7)36-16-8/h17-18,21-24H,9-16,19-20H2,1-8H3. The van der Waals surface area contributed by atoms with Gasteiger partial charge < -0.3 is 26.6 Å². The second kappa shape index (κ2) is 18.8. The average Bonchev–Trinajstić information content (AvgIpc) is 2.94. The van der Waals surface area contributed by atoms with E-state index in [0.717, 1.165) is 36.1 Å². The smallest absolute Gasteiger partial charge is 0.370 e. The summed E-state index contributed by atoms with van der Waals surface area (Å²) in [7, 11) is -2.51. The van der Waals surface area contributed by atoms with E-state index in [0.29, 0.717) is 39.6 Å². The zero-order valence-electron chi connectivity index (χ0n) is 25.8. The van der Waals surface area contributed by atoms with Crippen LogP contribution in [0.1, 0.15) is 79.4 Å². The third kappa shape index (κ3) is 8.92. The minimum absolute atomic E-state index is 0.544. The number of rotatable bonds is 21. The molecule has 0 unspecified atom stereocenters. The van der Waals surface area contributed by atoms with Crippen LogP contribution >= 0.6 is 21.6 Å². The summed E-state index contributed by atoms with van der Waals surface area (Å²) in [6, 6.07) is 12.9. The first-order valence-electron chi connectivity index (χ1n) is 14.9. The van der Waals surface area contributed by atoms with Gasteiger partial charge in [-0.05, 0) is 77.6 Å². The van der Waals surface area contributed by atoms with E-state index in [9.17, 15) is 0 Å². The van der Waals surface area contributed by atoms with Crippen molar-refractivity contribution >= 4 is 49.6 Å².